The van der Waals surface area contributed by atoms with Crippen LogP contribution in [0.5, 0.6) is 0 Å². The highest BCUT2D eigenvalue weighted by Crippen LogP contribution is 2.20. The fourth-order valence-electron chi connectivity index (χ4n) is 2.26. The van der Waals surface area contributed by atoms with Crippen molar-refractivity contribution >= 4 is 0 Å². The average molecular weight is 285 g/mol. The fourth-order valence-corrected chi connectivity index (χ4v) is 2.26. The molecule has 0 bridgehead atoms. The molecule has 0 heterocycles. The second-order valence-corrected chi connectivity index (χ2v) is 5.50. The molecule has 0 amide bonds. The van der Waals surface area contributed by atoms with E-state index in [0.29, 0.717) is 13.0 Å². The van der Waals surface area contributed by atoms with Crippen molar-refractivity contribution < 1.29 is 13.5 Å². The molecule has 1 aromatic rings. The van der Waals surface area contributed by atoms with Gasteiger partial charge in [-0.2, -0.15) is 0 Å². The second kappa shape index (κ2) is 7.70. The maximum Gasteiger partial charge on any atom is 0.159 e. The van der Waals surface area contributed by atoms with E-state index in [0.717, 1.165) is 18.5 Å². The van der Waals surface area contributed by atoms with E-state index in [1.807, 2.05) is 20.8 Å². The minimum absolute atomic E-state index is 0.0484. The van der Waals surface area contributed by atoms with Crippen LogP contribution in [0.25, 0.3) is 0 Å². The van der Waals surface area contributed by atoms with E-state index in [1.165, 1.54) is 12.1 Å². The van der Waals surface area contributed by atoms with Crippen LogP contribution >= 0.6 is 0 Å². The van der Waals surface area contributed by atoms with Crippen molar-refractivity contribution in [2.45, 2.75) is 52.2 Å². The summed E-state index contributed by atoms with van der Waals surface area (Å²) in [7, 11) is 0. The Labute approximate surface area is 120 Å². The van der Waals surface area contributed by atoms with Gasteiger partial charge < -0.3 is 10.1 Å². The molecule has 0 spiro atoms. The van der Waals surface area contributed by atoms with Gasteiger partial charge >= 0.3 is 0 Å². The number of nitrogens with one attached hydrogen (secondary N) is 1. The monoisotopic (exact) mass is 285 g/mol. The van der Waals surface area contributed by atoms with Crippen molar-refractivity contribution in [3.05, 3.63) is 35.4 Å². The number of halogens is 2. The van der Waals surface area contributed by atoms with Crippen LogP contribution in [0.4, 0.5) is 8.78 Å². The van der Waals surface area contributed by atoms with Crippen LogP contribution in [-0.4, -0.2) is 24.8 Å². The molecule has 0 aromatic heterocycles. The van der Waals surface area contributed by atoms with E-state index in [1.54, 1.807) is 6.07 Å². The molecule has 1 unspecified atom stereocenters. The molecular formula is C16H25F2NO. The van der Waals surface area contributed by atoms with Crippen LogP contribution in [0.2, 0.25) is 0 Å². The lowest BCUT2D eigenvalue weighted by molar-refractivity contribution is -0.0380. The highest BCUT2D eigenvalue weighted by Gasteiger charge is 2.29. The Morgan fingerprint density at radius 3 is 2.45 bits per heavy atom. The highest BCUT2D eigenvalue weighted by atomic mass is 19.2. The van der Waals surface area contributed by atoms with E-state index in [9.17, 15) is 8.78 Å². The number of hydrogen-bond donors (Lipinski definition) is 1. The predicted molar refractivity (Wildman–Crippen MR) is 77.8 cm³/mol. The van der Waals surface area contributed by atoms with E-state index in [2.05, 4.69) is 12.2 Å². The summed E-state index contributed by atoms with van der Waals surface area (Å²) in [5.74, 6) is -1.61. The molecule has 0 saturated carbocycles. The van der Waals surface area contributed by atoms with Gasteiger partial charge in [0.25, 0.3) is 0 Å². The molecule has 0 aliphatic heterocycles. The Bertz CT molecular complexity index is 421. The maximum absolute atomic E-state index is 13.3. The van der Waals surface area contributed by atoms with Crippen molar-refractivity contribution in [2.24, 2.45) is 0 Å². The minimum Gasteiger partial charge on any atom is -0.374 e. The molecule has 0 saturated heterocycles. The third-order valence-corrected chi connectivity index (χ3v) is 3.42. The van der Waals surface area contributed by atoms with Crippen LogP contribution in [0.1, 0.15) is 39.7 Å². The van der Waals surface area contributed by atoms with Gasteiger partial charge in [0, 0.05) is 12.6 Å². The molecule has 20 heavy (non-hydrogen) atoms. The summed E-state index contributed by atoms with van der Waals surface area (Å²) in [5.41, 5.74) is 0.402. The van der Waals surface area contributed by atoms with Gasteiger partial charge in [-0.15, -0.1) is 0 Å². The van der Waals surface area contributed by atoms with Crippen molar-refractivity contribution in [3.8, 4) is 0 Å². The molecule has 0 radical (unpaired) electrons. The summed E-state index contributed by atoms with van der Waals surface area (Å²) in [6.45, 7) is 9.57. The zero-order chi connectivity index (χ0) is 15.2. The Morgan fingerprint density at radius 2 is 1.90 bits per heavy atom. The summed E-state index contributed by atoms with van der Waals surface area (Å²) in [5, 5.41) is 3.44. The van der Waals surface area contributed by atoms with Gasteiger partial charge in [-0.3, -0.25) is 0 Å². The normalized spacial score (nSPS) is 13.5. The quantitative estimate of drug-likeness (QED) is 0.786. The Hall–Kier alpha value is -1.00. The summed E-state index contributed by atoms with van der Waals surface area (Å²) in [4.78, 5) is 0. The molecule has 0 fully saturated rings. The van der Waals surface area contributed by atoms with Crippen molar-refractivity contribution in [1.82, 2.24) is 5.32 Å². The van der Waals surface area contributed by atoms with Gasteiger partial charge in [0.1, 0.15) is 0 Å². The van der Waals surface area contributed by atoms with Gasteiger partial charge in [-0.25, -0.2) is 8.78 Å². The first kappa shape index (κ1) is 17.1. The van der Waals surface area contributed by atoms with Crippen molar-refractivity contribution in [1.29, 1.82) is 0 Å². The second-order valence-electron chi connectivity index (χ2n) is 5.50. The minimum atomic E-state index is -0.809. The third-order valence-electron chi connectivity index (χ3n) is 3.42. The molecule has 0 aliphatic carbocycles. The smallest absolute Gasteiger partial charge is 0.159 e. The lowest BCUT2D eigenvalue weighted by atomic mass is 9.92. The van der Waals surface area contributed by atoms with Gasteiger partial charge in [-0.05, 0) is 57.9 Å². The van der Waals surface area contributed by atoms with Gasteiger partial charge in [0.2, 0.25) is 0 Å². The van der Waals surface area contributed by atoms with Crippen molar-refractivity contribution in [2.75, 3.05) is 13.2 Å². The fraction of sp³-hybridized carbons (Fsp3) is 0.625. The first-order chi connectivity index (χ1) is 9.40. The highest BCUT2D eigenvalue weighted by molar-refractivity contribution is 5.19. The third kappa shape index (κ3) is 4.84. The Kier molecular flexibility index (Phi) is 6.56. The van der Waals surface area contributed by atoms with E-state index >= 15 is 0 Å². The van der Waals surface area contributed by atoms with Gasteiger partial charge in [0.15, 0.2) is 11.6 Å². The Morgan fingerprint density at radius 1 is 1.20 bits per heavy atom. The maximum atomic E-state index is 13.3. The summed E-state index contributed by atoms with van der Waals surface area (Å²) < 4.78 is 32.1. The first-order valence-electron chi connectivity index (χ1n) is 7.22. The van der Waals surface area contributed by atoms with Crippen LogP contribution in [-0.2, 0) is 11.2 Å². The molecule has 1 atom stereocenters. The summed E-state index contributed by atoms with van der Waals surface area (Å²) in [6, 6.07) is 4.11. The van der Waals surface area contributed by atoms with Crippen LogP contribution < -0.4 is 5.32 Å². The standard InChI is InChI=1S/C16H25F2NO/c1-5-9-19-15(16(3,4)20-6-2)11-12-7-8-13(17)14(18)10-12/h7-8,10,15,19H,5-6,9,11H2,1-4H3. The Balaban J connectivity index is 2.85. The number of rotatable bonds is 8. The van der Waals surface area contributed by atoms with E-state index in [4.69, 9.17) is 4.74 Å². The molecule has 114 valence electrons. The SMILES string of the molecule is CCCNC(Cc1ccc(F)c(F)c1)C(C)(C)OCC. The zero-order valence-electron chi connectivity index (χ0n) is 12.8. The first-order valence-corrected chi connectivity index (χ1v) is 7.22. The summed E-state index contributed by atoms with van der Waals surface area (Å²) >= 11 is 0. The molecular weight excluding hydrogens is 260 g/mol. The lowest BCUT2D eigenvalue weighted by Crippen LogP contribution is -2.50. The molecule has 2 nitrogen and oxygen atoms in total. The largest absolute Gasteiger partial charge is 0.374 e. The van der Waals surface area contributed by atoms with Crippen LogP contribution in [0.15, 0.2) is 18.2 Å². The molecule has 4 heteroatoms. The predicted octanol–water partition coefficient (Wildman–Crippen LogP) is 3.69. The molecule has 1 rings (SSSR count). The number of benzene rings is 1. The van der Waals surface area contributed by atoms with E-state index < -0.39 is 11.6 Å². The van der Waals surface area contributed by atoms with Gasteiger partial charge in [-0.1, -0.05) is 13.0 Å². The lowest BCUT2D eigenvalue weighted by Gasteiger charge is -2.35. The zero-order valence-corrected chi connectivity index (χ0v) is 12.8. The van der Waals surface area contributed by atoms with Crippen LogP contribution in [0, 0.1) is 11.6 Å². The average Bonchev–Trinajstić information content (AvgIpc) is 2.38. The summed E-state index contributed by atoms with van der Waals surface area (Å²) in [6.07, 6.45) is 1.61. The van der Waals surface area contributed by atoms with Crippen molar-refractivity contribution in [3.63, 3.8) is 0 Å². The van der Waals surface area contributed by atoms with E-state index in [-0.39, 0.29) is 11.6 Å². The number of hydrogen-bond acceptors (Lipinski definition) is 2. The number of ether oxygens (including phenoxy) is 1. The molecule has 0 aliphatic rings. The van der Waals surface area contributed by atoms with Gasteiger partial charge in [0.05, 0.1) is 5.60 Å². The molecule has 1 N–H and O–H groups in total. The molecule has 1 aromatic carbocycles. The van der Waals surface area contributed by atoms with Crippen LogP contribution in [0.3, 0.4) is 0 Å². The topological polar surface area (TPSA) is 21.3 Å².